The average Bonchev–Trinajstić information content (AvgIpc) is 2.52. The third kappa shape index (κ3) is 2.30. The van der Waals surface area contributed by atoms with Gasteiger partial charge in [-0.25, -0.2) is 0 Å². The van der Waals surface area contributed by atoms with E-state index in [1.54, 1.807) is 14.2 Å². The number of nitrogens with one attached hydrogen (secondary N) is 1. The fourth-order valence-electron chi connectivity index (χ4n) is 3.39. The Morgan fingerprint density at radius 3 is 2.38 bits per heavy atom. The summed E-state index contributed by atoms with van der Waals surface area (Å²) >= 11 is 0. The first kappa shape index (κ1) is 14.4. The van der Waals surface area contributed by atoms with Crippen LogP contribution in [0.2, 0.25) is 0 Å². The van der Waals surface area contributed by atoms with E-state index in [1.165, 1.54) is 0 Å². The molecule has 1 saturated heterocycles. The first-order valence-corrected chi connectivity index (χ1v) is 7.33. The molecule has 2 aliphatic rings. The Kier molecular flexibility index (Phi) is 3.63. The largest absolute Gasteiger partial charge is 0.493 e. The highest BCUT2D eigenvalue weighted by Gasteiger charge is 2.41. The van der Waals surface area contributed by atoms with Gasteiger partial charge in [-0.15, -0.1) is 0 Å². The third-order valence-electron chi connectivity index (χ3n) is 4.77. The van der Waals surface area contributed by atoms with Crippen molar-refractivity contribution in [3.63, 3.8) is 0 Å². The number of ketones is 1. The van der Waals surface area contributed by atoms with Gasteiger partial charge in [0.05, 0.1) is 20.8 Å². The van der Waals surface area contributed by atoms with Gasteiger partial charge >= 0.3 is 0 Å². The summed E-state index contributed by atoms with van der Waals surface area (Å²) in [6, 6.07) is 3.81. The topological polar surface area (TPSA) is 50.8 Å². The number of hydrogen-bond donors (Lipinski definition) is 1. The lowest BCUT2D eigenvalue weighted by Crippen LogP contribution is -2.55. The lowest BCUT2D eigenvalue weighted by molar-refractivity contribution is 0.0906. The molecule has 2 heterocycles. The van der Waals surface area contributed by atoms with Crippen molar-refractivity contribution in [2.24, 2.45) is 0 Å². The fourth-order valence-corrected chi connectivity index (χ4v) is 3.39. The number of piperidine rings is 1. The highest BCUT2D eigenvalue weighted by molar-refractivity contribution is 6.01. The molecule has 0 amide bonds. The molecule has 1 spiro atoms. The summed E-state index contributed by atoms with van der Waals surface area (Å²) in [6.07, 6.45) is 2.00. The van der Waals surface area contributed by atoms with Gasteiger partial charge in [0.25, 0.3) is 0 Å². The van der Waals surface area contributed by atoms with Crippen molar-refractivity contribution in [3.8, 4) is 11.5 Å². The molecule has 3 rings (SSSR count). The number of carbonyl (C=O) groups excluding carboxylic acids is 1. The zero-order valence-corrected chi connectivity index (χ0v) is 12.9. The van der Waals surface area contributed by atoms with Crippen molar-refractivity contribution in [3.05, 3.63) is 23.3 Å². The summed E-state index contributed by atoms with van der Waals surface area (Å²) in [6.45, 7) is 2.44. The monoisotopic (exact) mass is 290 g/mol. The quantitative estimate of drug-likeness (QED) is 0.892. The number of fused-ring (bicyclic) bond motifs is 2. The minimum Gasteiger partial charge on any atom is -0.493 e. The van der Waals surface area contributed by atoms with Crippen molar-refractivity contribution >= 4 is 5.78 Å². The Bertz CT molecular complexity index is 563. The van der Waals surface area contributed by atoms with E-state index in [2.05, 4.69) is 17.3 Å². The van der Waals surface area contributed by atoms with Crippen LogP contribution in [-0.4, -0.2) is 51.6 Å². The van der Waals surface area contributed by atoms with E-state index in [-0.39, 0.29) is 11.3 Å². The van der Waals surface area contributed by atoms with E-state index < -0.39 is 0 Å². The molecule has 0 saturated carbocycles. The lowest BCUT2D eigenvalue weighted by Gasteiger charge is -2.45. The first-order valence-electron chi connectivity index (χ1n) is 7.33. The minimum absolute atomic E-state index is 0.116. The molecule has 2 aliphatic heterocycles. The van der Waals surface area contributed by atoms with Crippen LogP contribution >= 0.6 is 0 Å². The number of nitrogens with zero attached hydrogens (tertiary/aromatic N) is 1. The molecule has 1 aromatic carbocycles. The molecule has 0 aromatic heterocycles. The number of benzene rings is 1. The van der Waals surface area contributed by atoms with Gasteiger partial charge in [0, 0.05) is 11.1 Å². The molecule has 0 radical (unpaired) electrons. The molecule has 5 heteroatoms. The van der Waals surface area contributed by atoms with E-state index in [4.69, 9.17) is 9.47 Å². The fraction of sp³-hybridized carbons (Fsp3) is 0.562. The normalized spacial score (nSPS) is 21.2. The van der Waals surface area contributed by atoms with Crippen LogP contribution in [0.1, 0.15) is 28.8 Å². The van der Waals surface area contributed by atoms with Gasteiger partial charge in [-0.1, -0.05) is 0 Å². The molecule has 0 bridgehead atoms. The maximum Gasteiger partial charge on any atom is 0.177 e. The summed E-state index contributed by atoms with van der Waals surface area (Å²) in [4.78, 5) is 14.6. The molecule has 5 nitrogen and oxygen atoms in total. The number of likely N-dealkylation sites (tertiary alicyclic amines) is 1. The minimum atomic E-state index is -0.116. The van der Waals surface area contributed by atoms with E-state index in [9.17, 15) is 4.79 Å². The second-order valence-corrected chi connectivity index (χ2v) is 5.91. The lowest BCUT2D eigenvalue weighted by atomic mass is 9.75. The number of methoxy groups -OCH3 is 2. The van der Waals surface area contributed by atoms with Gasteiger partial charge < -0.3 is 19.7 Å². The van der Waals surface area contributed by atoms with Crippen LogP contribution in [0.15, 0.2) is 12.1 Å². The van der Waals surface area contributed by atoms with Crippen LogP contribution in [-0.2, 0) is 5.54 Å². The van der Waals surface area contributed by atoms with E-state index in [0.29, 0.717) is 18.0 Å². The SMILES string of the molecule is COc1cc2c(cc1OC)C1(CCN(C)CC1)NCC2=O. The Balaban J connectivity index is 2.10. The Morgan fingerprint density at radius 1 is 1.14 bits per heavy atom. The van der Waals surface area contributed by atoms with Crippen LogP contribution in [0.3, 0.4) is 0 Å². The molecule has 0 atom stereocenters. The van der Waals surface area contributed by atoms with Crippen molar-refractivity contribution in [2.45, 2.75) is 18.4 Å². The highest BCUT2D eigenvalue weighted by atomic mass is 16.5. The average molecular weight is 290 g/mol. The number of ether oxygens (including phenoxy) is 2. The maximum atomic E-state index is 12.3. The summed E-state index contributed by atoms with van der Waals surface area (Å²) < 4.78 is 10.8. The van der Waals surface area contributed by atoms with Crippen molar-refractivity contribution in [1.29, 1.82) is 0 Å². The predicted molar refractivity (Wildman–Crippen MR) is 80.3 cm³/mol. The van der Waals surface area contributed by atoms with Gasteiger partial charge in [0.1, 0.15) is 0 Å². The first-order chi connectivity index (χ1) is 10.1. The Labute approximate surface area is 125 Å². The molecule has 1 fully saturated rings. The zero-order valence-electron chi connectivity index (χ0n) is 12.9. The molecular formula is C16H22N2O3. The summed E-state index contributed by atoms with van der Waals surface area (Å²) in [5, 5.41) is 3.48. The van der Waals surface area contributed by atoms with Gasteiger partial charge in [-0.3, -0.25) is 4.79 Å². The standard InChI is InChI=1S/C16H22N2O3/c1-18-6-4-16(5-7-18)12-9-15(21-3)14(20-2)8-11(12)13(19)10-17-16/h8-9,17H,4-7,10H2,1-3H3. The highest BCUT2D eigenvalue weighted by Crippen LogP contribution is 2.42. The summed E-state index contributed by atoms with van der Waals surface area (Å²) in [5.74, 6) is 1.43. The number of carbonyl (C=O) groups is 1. The molecule has 21 heavy (non-hydrogen) atoms. The Morgan fingerprint density at radius 2 is 1.76 bits per heavy atom. The maximum absolute atomic E-state index is 12.3. The number of rotatable bonds is 2. The zero-order chi connectivity index (χ0) is 15.0. The molecule has 0 aliphatic carbocycles. The Hall–Kier alpha value is -1.59. The predicted octanol–water partition coefficient (Wildman–Crippen LogP) is 1.41. The second kappa shape index (κ2) is 5.31. The molecule has 1 N–H and O–H groups in total. The molecular weight excluding hydrogens is 268 g/mol. The van der Waals surface area contributed by atoms with Crippen molar-refractivity contribution in [1.82, 2.24) is 10.2 Å². The van der Waals surface area contributed by atoms with Gasteiger partial charge in [-0.2, -0.15) is 0 Å². The van der Waals surface area contributed by atoms with Crippen LogP contribution < -0.4 is 14.8 Å². The molecule has 0 unspecified atom stereocenters. The van der Waals surface area contributed by atoms with Gasteiger partial charge in [0.15, 0.2) is 17.3 Å². The summed E-state index contributed by atoms with van der Waals surface area (Å²) in [5.41, 5.74) is 1.72. The number of hydrogen-bond acceptors (Lipinski definition) is 5. The molecule has 114 valence electrons. The van der Waals surface area contributed by atoms with Crippen LogP contribution in [0, 0.1) is 0 Å². The summed E-state index contributed by atoms with van der Waals surface area (Å²) in [7, 11) is 5.36. The third-order valence-corrected chi connectivity index (χ3v) is 4.77. The van der Waals surface area contributed by atoms with E-state index >= 15 is 0 Å². The van der Waals surface area contributed by atoms with Gasteiger partial charge in [-0.05, 0) is 50.7 Å². The second-order valence-electron chi connectivity index (χ2n) is 5.91. The smallest absolute Gasteiger partial charge is 0.177 e. The van der Waals surface area contributed by atoms with Crippen LogP contribution in [0.5, 0.6) is 11.5 Å². The van der Waals surface area contributed by atoms with Crippen molar-refractivity contribution < 1.29 is 14.3 Å². The van der Waals surface area contributed by atoms with Crippen LogP contribution in [0.4, 0.5) is 0 Å². The number of Topliss-reactive ketones (excluding diaryl/α,β-unsaturated/α-hetero) is 1. The van der Waals surface area contributed by atoms with Gasteiger partial charge in [0.2, 0.25) is 0 Å². The molecule has 1 aromatic rings. The van der Waals surface area contributed by atoms with E-state index in [1.807, 2.05) is 12.1 Å². The van der Waals surface area contributed by atoms with Crippen molar-refractivity contribution in [2.75, 3.05) is 40.9 Å². The van der Waals surface area contributed by atoms with E-state index in [0.717, 1.165) is 37.1 Å². The van der Waals surface area contributed by atoms with Crippen LogP contribution in [0.25, 0.3) is 0 Å².